The number of benzene rings is 1. The van der Waals surface area contributed by atoms with E-state index in [0.717, 1.165) is 22.4 Å². The lowest BCUT2D eigenvalue weighted by atomic mass is 10.0. The Morgan fingerprint density at radius 3 is 2.56 bits per heavy atom. The number of nitrogens with zero attached hydrogens (tertiary/aromatic N) is 9. The highest BCUT2D eigenvalue weighted by Gasteiger charge is 2.29. The van der Waals surface area contributed by atoms with Gasteiger partial charge in [-0.15, -0.1) is 8.78 Å². The molecule has 50 heavy (non-hydrogen) atoms. The topological polar surface area (TPSA) is 137 Å². The monoisotopic (exact) mass is 696 g/mol. The molecule has 1 unspecified atom stereocenters. The predicted octanol–water partition coefficient (Wildman–Crippen LogP) is 6.12. The molecule has 0 radical (unpaired) electrons. The highest BCUT2D eigenvalue weighted by Crippen LogP contribution is 2.38. The van der Waals surface area contributed by atoms with Crippen LogP contribution in [0.5, 0.6) is 5.75 Å². The Bertz CT molecular complexity index is 2230. The second-order valence-electron chi connectivity index (χ2n) is 11.6. The first kappa shape index (κ1) is 31.3. The number of anilines is 2. The number of nitrogens with one attached hydrogen (secondary N) is 1. The van der Waals surface area contributed by atoms with Crippen molar-refractivity contribution in [1.82, 2.24) is 39.7 Å². The summed E-state index contributed by atoms with van der Waals surface area (Å²) in [5, 5.41) is 7.58. The van der Waals surface area contributed by atoms with Gasteiger partial charge in [-0.05, 0) is 55.0 Å². The van der Waals surface area contributed by atoms with Crippen molar-refractivity contribution in [3.63, 3.8) is 0 Å². The van der Waals surface area contributed by atoms with E-state index in [0.29, 0.717) is 59.5 Å². The van der Waals surface area contributed by atoms with Crippen LogP contribution in [0.4, 0.5) is 24.7 Å². The van der Waals surface area contributed by atoms with Crippen molar-refractivity contribution in [1.29, 1.82) is 0 Å². The summed E-state index contributed by atoms with van der Waals surface area (Å²) in [6.07, 6.45) is 9.86. The van der Waals surface area contributed by atoms with E-state index in [2.05, 4.69) is 30.0 Å². The molecule has 12 nitrogen and oxygen atoms in total. The summed E-state index contributed by atoms with van der Waals surface area (Å²) in [7, 11) is 0. The maximum absolute atomic E-state index is 14.2. The summed E-state index contributed by atoms with van der Waals surface area (Å²) >= 11 is 4.86. The van der Waals surface area contributed by atoms with Gasteiger partial charge >= 0.3 is 5.57 Å². The molecule has 1 fully saturated rings. The van der Waals surface area contributed by atoms with E-state index in [9.17, 15) is 18.0 Å². The SMILES string of the molecule is O=C(Nc1ccc(OC(F)(F)Cl)cc1)c1ccc(N2CCC(F)C2)nc1-c1cnc2c(c1)-c1nn(-c3nccc(-c4cncnc4)n3)cc1C2. The van der Waals surface area contributed by atoms with Gasteiger partial charge in [0.2, 0.25) is 0 Å². The van der Waals surface area contributed by atoms with Crippen LogP contribution >= 0.6 is 11.6 Å². The molecule has 0 bridgehead atoms. The first-order valence-electron chi connectivity index (χ1n) is 15.4. The molecule has 0 saturated carbocycles. The number of hydrogen-bond donors (Lipinski definition) is 1. The molecule has 1 aliphatic heterocycles. The number of ether oxygens (including phenoxy) is 1. The zero-order valence-corrected chi connectivity index (χ0v) is 26.6. The molecule has 1 atom stereocenters. The van der Waals surface area contributed by atoms with E-state index < -0.39 is 17.6 Å². The average molecular weight is 697 g/mol. The van der Waals surface area contributed by atoms with Gasteiger partial charge in [0.15, 0.2) is 0 Å². The van der Waals surface area contributed by atoms with Gasteiger partial charge in [0.25, 0.3) is 11.9 Å². The number of carbonyl (C=O) groups excluding carboxylic acids is 1. The largest absolute Gasteiger partial charge is 0.487 e. The fourth-order valence-corrected chi connectivity index (χ4v) is 6.05. The van der Waals surface area contributed by atoms with Crippen LogP contribution in [-0.2, 0) is 6.42 Å². The summed E-state index contributed by atoms with van der Waals surface area (Å²) in [6, 6.07) is 12.3. The summed E-state index contributed by atoms with van der Waals surface area (Å²) in [5.74, 6) is 0.202. The molecule has 8 rings (SSSR count). The molecule has 0 spiro atoms. The number of aromatic nitrogens is 8. The second-order valence-corrected chi connectivity index (χ2v) is 12.1. The standard InChI is InChI=1S/C34H24ClF3N10O2/c35-34(37,38)50-24-3-1-23(2-4-24)43-32(49)25-5-6-29(47-10-8-22(36)17-47)45-30(25)19-11-26-28(42-15-19)12-20-16-48(46-31(20)26)33-41-9-7-27(44-33)21-13-39-18-40-14-21/h1-7,9,11,13-16,18,22H,8,10,12,17H2,(H,43,49). The Morgan fingerprint density at radius 2 is 1.80 bits per heavy atom. The number of amides is 1. The number of rotatable bonds is 8. The number of fused-ring (bicyclic) bond motifs is 3. The summed E-state index contributed by atoms with van der Waals surface area (Å²) in [6.45, 7) is 0.677. The maximum Gasteiger partial charge on any atom is 0.487 e. The van der Waals surface area contributed by atoms with Crippen LogP contribution < -0.4 is 15.0 Å². The number of alkyl halides is 4. The fraction of sp³-hybridized carbons (Fsp3) is 0.176. The van der Waals surface area contributed by atoms with Crippen molar-refractivity contribution in [3.8, 4) is 45.5 Å². The lowest BCUT2D eigenvalue weighted by Crippen LogP contribution is -2.22. The molecule has 5 aromatic heterocycles. The van der Waals surface area contributed by atoms with Crippen molar-refractivity contribution >= 4 is 29.0 Å². The predicted molar refractivity (Wildman–Crippen MR) is 177 cm³/mol. The minimum absolute atomic E-state index is 0.178. The number of pyridine rings is 2. The van der Waals surface area contributed by atoms with Crippen molar-refractivity contribution < 1.29 is 22.7 Å². The number of halogens is 4. The first-order chi connectivity index (χ1) is 24.2. The smallest absolute Gasteiger partial charge is 0.420 e. The molecule has 1 saturated heterocycles. The van der Waals surface area contributed by atoms with Gasteiger partial charge in [-0.25, -0.2) is 34.0 Å². The minimum Gasteiger partial charge on any atom is -0.420 e. The lowest BCUT2D eigenvalue weighted by Gasteiger charge is -2.19. The molecule has 1 aliphatic carbocycles. The second kappa shape index (κ2) is 12.5. The van der Waals surface area contributed by atoms with Gasteiger partial charge in [-0.3, -0.25) is 9.78 Å². The highest BCUT2D eigenvalue weighted by molar-refractivity contribution is 6.20. The normalized spacial score (nSPS) is 15.1. The average Bonchev–Trinajstić information content (AvgIpc) is 3.83. The van der Waals surface area contributed by atoms with Gasteiger partial charge < -0.3 is 15.0 Å². The molecule has 250 valence electrons. The van der Waals surface area contributed by atoms with Crippen LogP contribution in [0.25, 0.3) is 39.7 Å². The third kappa shape index (κ3) is 6.30. The molecule has 6 aromatic rings. The Balaban J connectivity index is 1.13. The van der Waals surface area contributed by atoms with Gasteiger partial charge in [0, 0.05) is 83.5 Å². The molecule has 1 aromatic carbocycles. The summed E-state index contributed by atoms with van der Waals surface area (Å²) in [5.41, 5.74) is 2.11. The maximum atomic E-state index is 14.2. The zero-order valence-electron chi connectivity index (χ0n) is 25.8. The quantitative estimate of drug-likeness (QED) is 0.185. The first-order valence-corrected chi connectivity index (χ1v) is 15.8. The Kier molecular flexibility index (Phi) is 7.82. The van der Waals surface area contributed by atoms with Crippen LogP contribution in [0.1, 0.15) is 28.0 Å². The van der Waals surface area contributed by atoms with Gasteiger partial charge in [-0.2, -0.15) is 5.10 Å². The molecule has 1 N–H and O–H groups in total. The Labute approximate surface area is 287 Å². The lowest BCUT2D eigenvalue weighted by molar-refractivity contribution is -0.0964. The van der Waals surface area contributed by atoms with E-state index in [1.165, 1.54) is 30.6 Å². The van der Waals surface area contributed by atoms with Gasteiger partial charge in [0.05, 0.1) is 34.9 Å². The van der Waals surface area contributed by atoms with E-state index >= 15 is 0 Å². The summed E-state index contributed by atoms with van der Waals surface area (Å²) < 4.78 is 46.2. The Morgan fingerprint density at radius 1 is 0.980 bits per heavy atom. The molecule has 6 heterocycles. The Hall–Kier alpha value is -5.96. The van der Waals surface area contributed by atoms with Crippen LogP contribution in [0.2, 0.25) is 0 Å². The van der Waals surface area contributed by atoms with E-state index in [1.54, 1.807) is 47.7 Å². The van der Waals surface area contributed by atoms with Crippen LogP contribution in [0.3, 0.4) is 0 Å². The molecule has 2 aliphatic rings. The van der Waals surface area contributed by atoms with Crippen LogP contribution in [-0.4, -0.2) is 70.4 Å². The van der Waals surface area contributed by atoms with Gasteiger partial charge in [-0.1, -0.05) is 0 Å². The molecule has 1 amide bonds. The zero-order chi connectivity index (χ0) is 34.4. The third-order valence-corrected chi connectivity index (χ3v) is 8.35. The van der Waals surface area contributed by atoms with E-state index in [-0.39, 0.29) is 17.9 Å². The van der Waals surface area contributed by atoms with Crippen molar-refractivity contribution in [2.75, 3.05) is 23.3 Å². The number of carbonyl (C=O) groups is 1. The summed E-state index contributed by atoms with van der Waals surface area (Å²) in [4.78, 5) is 42.2. The van der Waals surface area contributed by atoms with E-state index in [1.807, 2.05) is 17.2 Å². The van der Waals surface area contributed by atoms with Crippen LogP contribution in [0.15, 0.2) is 85.8 Å². The van der Waals surface area contributed by atoms with Crippen LogP contribution in [0, 0.1) is 0 Å². The third-order valence-electron chi connectivity index (χ3n) is 8.28. The highest BCUT2D eigenvalue weighted by atomic mass is 35.5. The molecular formula is C34H24ClF3N10O2. The van der Waals surface area contributed by atoms with E-state index in [4.69, 9.17) is 26.7 Å². The number of hydrogen-bond acceptors (Lipinski definition) is 10. The molecule has 16 heteroatoms. The van der Waals surface area contributed by atoms with Gasteiger partial charge in [0.1, 0.15) is 24.1 Å². The minimum atomic E-state index is -3.87. The van der Waals surface area contributed by atoms with Crippen molar-refractivity contribution in [2.45, 2.75) is 24.6 Å². The molecular weight excluding hydrogens is 673 g/mol. The van der Waals surface area contributed by atoms with Crippen molar-refractivity contribution in [2.24, 2.45) is 0 Å². The van der Waals surface area contributed by atoms with Crippen molar-refractivity contribution in [3.05, 3.63) is 103 Å². The fourth-order valence-electron chi connectivity index (χ4n) is 5.96.